The van der Waals surface area contributed by atoms with E-state index < -0.39 is 0 Å². The number of hydrogen-bond donors (Lipinski definition) is 0. The third-order valence-electron chi connectivity index (χ3n) is 4.53. The Bertz CT molecular complexity index is 834. The molecule has 0 N–H and O–H groups in total. The molecule has 1 aliphatic heterocycles. The molecule has 1 heterocycles. The minimum absolute atomic E-state index is 0.00822. The highest BCUT2D eigenvalue weighted by molar-refractivity contribution is 5.79. The van der Waals surface area contributed by atoms with Crippen molar-refractivity contribution in [2.45, 2.75) is 6.17 Å². The van der Waals surface area contributed by atoms with Gasteiger partial charge in [-0.25, -0.2) is 0 Å². The lowest BCUT2D eigenvalue weighted by Gasteiger charge is -2.26. The summed E-state index contributed by atoms with van der Waals surface area (Å²) in [5.41, 5.74) is 3.37. The average molecular weight is 354 g/mol. The van der Waals surface area contributed by atoms with Gasteiger partial charge in [-0.1, -0.05) is 91.0 Å². The second-order valence-electron chi connectivity index (χ2n) is 6.42. The summed E-state index contributed by atoms with van der Waals surface area (Å²) in [6.07, 6.45) is 3.83. The van der Waals surface area contributed by atoms with E-state index in [4.69, 9.17) is 10.2 Å². The Morgan fingerprint density at radius 3 is 1.44 bits per heavy atom. The van der Waals surface area contributed by atoms with Crippen LogP contribution in [-0.4, -0.2) is 35.5 Å². The molecule has 0 atom stereocenters. The SMILES string of the molecule is C(=N\N1CCN(/N=C/c2ccccc2)C1c1ccccc1)/c1ccccc1. The minimum Gasteiger partial charge on any atom is -0.267 e. The van der Waals surface area contributed by atoms with E-state index in [9.17, 15) is 0 Å². The van der Waals surface area contributed by atoms with Crippen LogP contribution in [0.5, 0.6) is 0 Å². The first kappa shape index (κ1) is 17.0. The largest absolute Gasteiger partial charge is 0.267 e. The third kappa shape index (κ3) is 4.23. The second kappa shape index (κ2) is 8.32. The highest BCUT2D eigenvalue weighted by Crippen LogP contribution is 2.30. The predicted octanol–water partition coefficient (Wildman–Crippen LogP) is 4.37. The maximum Gasteiger partial charge on any atom is 0.160 e. The molecule has 0 saturated carbocycles. The molecule has 4 nitrogen and oxygen atoms in total. The molecule has 4 rings (SSSR count). The van der Waals surface area contributed by atoms with Gasteiger partial charge in [-0.05, 0) is 16.7 Å². The molecule has 3 aromatic rings. The average Bonchev–Trinajstić information content (AvgIpc) is 3.16. The summed E-state index contributed by atoms with van der Waals surface area (Å²) in [5.74, 6) is 0. The van der Waals surface area contributed by atoms with Crippen molar-refractivity contribution in [1.82, 2.24) is 10.0 Å². The molecule has 0 aromatic heterocycles. The van der Waals surface area contributed by atoms with E-state index in [1.54, 1.807) is 0 Å². The molecule has 0 bridgehead atoms. The van der Waals surface area contributed by atoms with Crippen LogP contribution in [0.2, 0.25) is 0 Å². The van der Waals surface area contributed by atoms with Gasteiger partial charge in [-0.2, -0.15) is 10.2 Å². The lowest BCUT2D eigenvalue weighted by molar-refractivity contribution is 0.147. The molecule has 0 unspecified atom stereocenters. The van der Waals surface area contributed by atoms with Crippen LogP contribution in [0.1, 0.15) is 22.9 Å². The fraction of sp³-hybridized carbons (Fsp3) is 0.130. The molecule has 0 amide bonds. The van der Waals surface area contributed by atoms with E-state index in [1.165, 1.54) is 5.56 Å². The van der Waals surface area contributed by atoms with Crippen molar-refractivity contribution >= 4 is 12.4 Å². The van der Waals surface area contributed by atoms with E-state index in [0.717, 1.165) is 24.2 Å². The molecular weight excluding hydrogens is 332 g/mol. The number of hydrazone groups is 2. The van der Waals surface area contributed by atoms with Gasteiger partial charge in [0.05, 0.1) is 25.5 Å². The summed E-state index contributed by atoms with van der Waals surface area (Å²) in [4.78, 5) is 0. The zero-order valence-electron chi connectivity index (χ0n) is 15.1. The molecule has 0 aliphatic carbocycles. The molecule has 27 heavy (non-hydrogen) atoms. The summed E-state index contributed by atoms with van der Waals surface area (Å²) < 4.78 is 0. The number of nitrogens with zero attached hydrogens (tertiary/aromatic N) is 4. The number of rotatable bonds is 5. The van der Waals surface area contributed by atoms with Gasteiger partial charge in [0, 0.05) is 0 Å². The lowest BCUT2D eigenvalue weighted by Crippen LogP contribution is -2.25. The second-order valence-corrected chi connectivity index (χ2v) is 6.42. The van der Waals surface area contributed by atoms with Crippen molar-refractivity contribution in [3.05, 3.63) is 108 Å². The van der Waals surface area contributed by atoms with Gasteiger partial charge >= 0.3 is 0 Å². The van der Waals surface area contributed by atoms with E-state index in [0.29, 0.717) is 0 Å². The quantitative estimate of drug-likeness (QED) is 0.637. The lowest BCUT2D eigenvalue weighted by atomic mass is 10.2. The van der Waals surface area contributed by atoms with Crippen molar-refractivity contribution in [3.8, 4) is 0 Å². The fourth-order valence-electron chi connectivity index (χ4n) is 3.17. The smallest absolute Gasteiger partial charge is 0.160 e. The van der Waals surface area contributed by atoms with Crippen LogP contribution in [0.3, 0.4) is 0 Å². The molecule has 134 valence electrons. The number of benzene rings is 3. The van der Waals surface area contributed by atoms with E-state index in [1.807, 2.05) is 54.9 Å². The Hall–Kier alpha value is -3.40. The van der Waals surface area contributed by atoms with E-state index in [-0.39, 0.29) is 6.17 Å². The summed E-state index contributed by atoms with van der Waals surface area (Å²) in [6.45, 7) is 1.66. The van der Waals surface area contributed by atoms with Crippen molar-refractivity contribution in [3.63, 3.8) is 0 Å². The molecule has 1 saturated heterocycles. The topological polar surface area (TPSA) is 31.2 Å². The first-order chi connectivity index (χ1) is 13.4. The van der Waals surface area contributed by atoms with Gasteiger partial charge in [-0.3, -0.25) is 10.0 Å². The van der Waals surface area contributed by atoms with Gasteiger partial charge in [0.25, 0.3) is 0 Å². The Balaban J connectivity index is 1.58. The van der Waals surface area contributed by atoms with Crippen LogP contribution in [0.4, 0.5) is 0 Å². The monoisotopic (exact) mass is 354 g/mol. The van der Waals surface area contributed by atoms with E-state index in [2.05, 4.69) is 58.5 Å². The normalized spacial score (nSPS) is 15.3. The summed E-state index contributed by atoms with van der Waals surface area (Å²) in [7, 11) is 0. The molecule has 4 heteroatoms. The summed E-state index contributed by atoms with van der Waals surface area (Å²) >= 11 is 0. The van der Waals surface area contributed by atoms with Crippen LogP contribution >= 0.6 is 0 Å². The molecule has 0 radical (unpaired) electrons. The first-order valence-electron chi connectivity index (χ1n) is 9.16. The number of hydrogen-bond acceptors (Lipinski definition) is 4. The van der Waals surface area contributed by atoms with Crippen LogP contribution < -0.4 is 0 Å². The van der Waals surface area contributed by atoms with Gasteiger partial charge in [0.1, 0.15) is 0 Å². The van der Waals surface area contributed by atoms with Gasteiger partial charge in [-0.15, -0.1) is 0 Å². The maximum atomic E-state index is 4.75. The van der Waals surface area contributed by atoms with Crippen molar-refractivity contribution in [2.75, 3.05) is 13.1 Å². The van der Waals surface area contributed by atoms with Crippen molar-refractivity contribution < 1.29 is 0 Å². The Labute approximate surface area is 160 Å². The van der Waals surface area contributed by atoms with Crippen LogP contribution in [-0.2, 0) is 0 Å². The molecular formula is C23H22N4. The standard InChI is InChI=1S/C23H22N4/c1-4-10-20(11-5-1)18-24-26-16-17-27(23(26)22-14-8-3-9-15-22)25-19-21-12-6-2-7-13-21/h1-15,18-19,23H,16-17H2/b24-18+,25-19+. The zero-order chi connectivity index (χ0) is 18.3. The summed E-state index contributed by atoms with van der Waals surface area (Å²) in [5, 5.41) is 13.7. The Morgan fingerprint density at radius 1 is 0.593 bits per heavy atom. The summed E-state index contributed by atoms with van der Waals surface area (Å²) in [6, 6.07) is 30.8. The van der Waals surface area contributed by atoms with Crippen LogP contribution in [0.15, 0.2) is 101 Å². The van der Waals surface area contributed by atoms with Crippen molar-refractivity contribution in [2.24, 2.45) is 10.2 Å². The Morgan fingerprint density at radius 2 is 1.00 bits per heavy atom. The van der Waals surface area contributed by atoms with Crippen LogP contribution in [0, 0.1) is 0 Å². The highest BCUT2D eigenvalue weighted by atomic mass is 15.7. The fourth-order valence-corrected chi connectivity index (χ4v) is 3.17. The zero-order valence-corrected chi connectivity index (χ0v) is 15.1. The van der Waals surface area contributed by atoms with E-state index >= 15 is 0 Å². The minimum atomic E-state index is -0.00822. The van der Waals surface area contributed by atoms with Gasteiger partial charge < -0.3 is 0 Å². The molecule has 1 aliphatic rings. The van der Waals surface area contributed by atoms with Gasteiger partial charge in [0.15, 0.2) is 6.17 Å². The predicted molar refractivity (Wildman–Crippen MR) is 111 cm³/mol. The first-order valence-corrected chi connectivity index (χ1v) is 9.16. The highest BCUT2D eigenvalue weighted by Gasteiger charge is 2.31. The maximum absolute atomic E-state index is 4.75. The Kier molecular flexibility index (Phi) is 5.25. The third-order valence-corrected chi connectivity index (χ3v) is 4.53. The van der Waals surface area contributed by atoms with Gasteiger partial charge in [0.2, 0.25) is 0 Å². The molecule has 1 fully saturated rings. The van der Waals surface area contributed by atoms with Crippen molar-refractivity contribution in [1.29, 1.82) is 0 Å². The molecule has 0 spiro atoms. The molecule has 3 aromatic carbocycles. The van der Waals surface area contributed by atoms with Crippen LogP contribution in [0.25, 0.3) is 0 Å².